The average molecular weight is 1270 g/mol. The van der Waals surface area contributed by atoms with Gasteiger partial charge in [0.25, 0.3) is 0 Å². The summed E-state index contributed by atoms with van der Waals surface area (Å²) < 4.78 is 12.2. The lowest BCUT2D eigenvalue weighted by Gasteiger charge is -2.25. The second-order valence-electron chi connectivity index (χ2n) is 22.0. The van der Waals surface area contributed by atoms with Crippen molar-refractivity contribution in [2.24, 2.45) is 0 Å². The first-order chi connectivity index (χ1) is 45.5. The molecule has 0 spiro atoms. The summed E-state index contributed by atoms with van der Waals surface area (Å²) in [6.45, 7) is 0. The molecule has 18 rings (SSSR count). The Morgan fingerprint density at radius 1 is 0.250 bits per heavy atom. The Labute approximate surface area is 545 Å². The smallest absolute Gasteiger partial charge is 0.227 e. The maximum absolute atomic E-state index is 6.46. The predicted molar refractivity (Wildman–Crippen MR) is 383 cm³/mol. The highest BCUT2D eigenvalue weighted by Crippen LogP contribution is 2.43. The van der Waals surface area contributed by atoms with Crippen LogP contribution in [0.15, 0.2) is 272 Å². The van der Waals surface area contributed by atoms with E-state index in [2.05, 4.69) is 210 Å². The van der Waals surface area contributed by atoms with Crippen LogP contribution in [0.25, 0.3) is 138 Å². The summed E-state index contributed by atoms with van der Waals surface area (Å²) in [4.78, 5) is 44.2. The van der Waals surface area contributed by atoms with Gasteiger partial charge in [0.05, 0.1) is 86.2 Å². The third-order valence-electron chi connectivity index (χ3n) is 16.2. The van der Waals surface area contributed by atoms with Gasteiger partial charge < -0.3 is 14.2 Å². The number of rotatable bonds is 13. The molecule has 0 saturated heterocycles. The monoisotopic (exact) mass is 1270 g/mol. The fourth-order valence-electron chi connectivity index (χ4n) is 11.6. The zero-order valence-corrected chi connectivity index (χ0v) is 52.4. The zero-order valence-electron chi connectivity index (χ0n) is 48.3. The van der Waals surface area contributed by atoms with E-state index < -0.39 is 0 Å². The van der Waals surface area contributed by atoms with Crippen molar-refractivity contribution in [3.05, 3.63) is 267 Å². The molecule has 16 heteroatoms. The van der Waals surface area contributed by atoms with Crippen LogP contribution < -0.4 is 9.80 Å². The Hall–Kier alpha value is -11.0. The largest absolute Gasteiger partial charge is 0.436 e. The van der Waals surface area contributed by atoms with Crippen molar-refractivity contribution in [1.82, 2.24) is 39.9 Å². The molecule has 0 N–H and O–H groups in total. The number of aromatic nitrogens is 8. The highest BCUT2D eigenvalue weighted by Gasteiger charge is 2.21. The van der Waals surface area contributed by atoms with Gasteiger partial charge in [-0.05, 0) is 205 Å². The summed E-state index contributed by atoms with van der Waals surface area (Å²) in [5.41, 5.74) is 20.0. The highest BCUT2D eigenvalue weighted by molar-refractivity contribution is 7.23. The average Bonchev–Trinajstić information content (AvgIpc) is 1.49. The van der Waals surface area contributed by atoms with Crippen molar-refractivity contribution in [2.75, 3.05) is 9.80 Å². The molecule has 0 aliphatic rings. The molecule has 0 atom stereocenters. The second-order valence-corrected chi connectivity index (χ2v) is 27.2. The fraction of sp³-hybridized carbons (Fsp3) is 0. The molecule has 92 heavy (non-hydrogen) atoms. The summed E-state index contributed by atoms with van der Waals surface area (Å²) in [5, 5.41) is 4.70. The minimum absolute atomic E-state index is 0.544. The topological polar surface area (TPSA) is 123 Å². The Kier molecular flexibility index (Phi) is 13.2. The number of para-hydroxylation sites is 4. The van der Waals surface area contributed by atoms with Gasteiger partial charge in [0.2, 0.25) is 5.89 Å². The number of oxazole rings is 1. The van der Waals surface area contributed by atoms with Crippen molar-refractivity contribution in [1.29, 1.82) is 0 Å². The number of fused-ring (bicyclic) bond motifs is 6. The van der Waals surface area contributed by atoms with Gasteiger partial charge in [-0.2, -0.15) is 0 Å². The predicted octanol–water partition coefficient (Wildman–Crippen LogP) is 22.3. The Bertz CT molecular complexity index is 5050. The minimum Gasteiger partial charge on any atom is -0.436 e. The van der Waals surface area contributed by atoms with Crippen molar-refractivity contribution >= 4 is 153 Å². The van der Waals surface area contributed by atoms with E-state index in [1.807, 2.05) is 67.0 Å². The number of hydrogen-bond acceptors (Lipinski definition) is 16. The van der Waals surface area contributed by atoms with Gasteiger partial charge in [-0.15, -0.1) is 56.7 Å². The van der Waals surface area contributed by atoms with Gasteiger partial charge in [0.1, 0.15) is 30.6 Å². The number of pyridine rings is 2. The number of hydrogen-bond donors (Lipinski definition) is 0. The quantitative estimate of drug-likeness (QED) is 0.110. The first-order valence-corrected chi connectivity index (χ1v) is 33.7. The molecule has 10 aromatic carbocycles. The SMILES string of the molecule is c1ccc2sc(-c3ccc(N(c4ccc(-c5nc6cc(-c7ccc8nc(-c9ccc(N(c%10ccc(-c%11nc%12ccccc%12s%11)cc%10)c%10ccc(-c%11nc%12ccccc%12s%11)nc%10)cc9)sc8c7)ccc6o5)cc4)c4ccc(-c5nc6ccccc6s5)nc4)cc3)nc2c1. The first-order valence-electron chi connectivity index (χ1n) is 29.7. The summed E-state index contributed by atoms with van der Waals surface area (Å²) in [6.07, 6.45) is 3.86. The first kappa shape index (κ1) is 54.0. The minimum atomic E-state index is 0.544. The number of nitrogens with zero attached hydrogens (tertiary/aromatic N) is 10. The zero-order chi connectivity index (χ0) is 60.6. The van der Waals surface area contributed by atoms with Crippen LogP contribution in [0.3, 0.4) is 0 Å². The molecule has 0 bridgehead atoms. The van der Waals surface area contributed by atoms with Crippen LogP contribution in [0, 0.1) is 0 Å². The van der Waals surface area contributed by atoms with Crippen LogP contribution in [-0.4, -0.2) is 39.9 Å². The lowest BCUT2D eigenvalue weighted by atomic mass is 10.1. The van der Waals surface area contributed by atoms with E-state index in [1.54, 1.807) is 56.7 Å². The molecule has 0 fully saturated rings. The Balaban J connectivity index is 0.611. The van der Waals surface area contributed by atoms with Gasteiger partial charge in [0.15, 0.2) is 5.58 Å². The van der Waals surface area contributed by atoms with E-state index in [0.717, 1.165) is 151 Å². The standard InChI is InChI=1S/C76H44N10OS5/c1-5-13-66-57(9-1)80-72(88-66)46-19-29-52(30-20-46)85(55-35-38-62(77-43-55)75-83-59-11-3-7-15-68(59)90-75)51-27-17-45(18-28-51)71-79-64-41-49(26-40-65(64)87-71)50-25-37-61-70(42-50)92-74(82-61)48-23-33-54(34-24-48)86(53-31-21-47(22-32-53)73-81-58-10-2-6-14-67(58)89-73)56-36-39-63(78-44-56)76-84-60-12-4-8-16-69(60)91-76/h1-44H. The molecule has 0 amide bonds. The molecule has 8 aromatic heterocycles. The molecular weight excluding hydrogens is 1230 g/mol. The third-order valence-corrected chi connectivity index (χ3v) is 21.6. The van der Waals surface area contributed by atoms with E-state index in [4.69, 9.17) is 44.3 Å². The highest BCUT2D eigenvalue weighted by atomic mass is 32.1. The van der Waals surface area contributed by atoms with Crippen LogP contribution in [0.2, 0.25) is 0 Å². The molecule has 0 saturated carbocycles. The maximum Gasteiger partial charge on any atom is 0.227 e. The molecule has 11 nitrogen and oxygen atoms in total. The summed E-state index contributed by atoms with van der Waals surface area (Å²) in [6, 6.07) is 88.2. The van der Waals surface area contributed by atoms with Crippen molar-refractivity contribution in [2.45, 2.75) is 0 Å². The van der Waals surface area contributed by atoms with Crippen LogP contribution in [0.4, 0.5) is 34.1 Å². The normalized spacial score (nSPS) is 11.7. The van der Waals surface area contributed by atoms with E-state index in [1.165, 1.54) is 9.40 Å². The van der Waals surface area contributed by atoms with Gasteiger partial charge in [-0.1, -0.05) is 60.7 Å². The van der Waals surface area contributed by atoms with Crippen LogP contribution >= 0.6 is 56.7 Å². The Morgan fingerprint density at radius 3 is 1.00 bits per heavy atom. The molecule has 434 valence electrons. The van der Waals surface area contributed by atoms with E-state index >= 15 is 0 Å². The second kappa shape index (κ2) is 22.5. The van der Waals surface area contributed by atoms with E-state index in [-0.39, 0.29) is 0 Å². The van der Waals surface area contributed by atoms with Crippen LogP contribution in [0.5, 0.6) is 0 Å². The summed E-state index contributed by atoms with van der Waals surface area (Å²) in [7, 11) is 0. The van der Waals surface area contributed by atoms with Crippen LogP contribution in [-0.2, 0) is 0 Å². The maximum atomic E-state index is 6.46. The van der Waals surface area contributed by atoms with Gasteiger partial charge in [-0.25, -0.2) is 29.9 Å². The molecule has 0 aliphatic carbocycles. The van der Waals surface area contributed by atoms with Gasteiger partial charge >= 0.3 is 0 Å². The van der Waals surface area contributed by atoms with Gasteiger partial charge in [-0.3, -0.25) is 9.97 Å². The number of benzene rings is 10. The molecule has 0 unspecified atom stereocenters. The van der Waals surface area contributed by atoms with Gasteiger partial charge in [0, 0.05) is 45.0 Å². The fourth-order valence-corrected chi connectivity index (χ4v) is 16.4. The lowest BCUT2D eigenvalue weighted by Crippen LogP contribution is -2.10. The van der Waals surface area contributed by atoms with Crippen molar-refractivity contribution < 1.29 is 4.42 Å². The molecule has 0 radical (unpaired) electrons. The van der Waals surface area contributed by atoms with Crippen LogP contribution in [0.1, 0.15) is 0 Å². The number of thiazole rings is 5. The molecule has 18 aromatic rings. The molecule has 0 aliphatic heterocycles. The lowest BCUT2D eigenvalue weighted by molar-refractivity contribution is 0.620. The van der Waals surface area contributed by atoms with E-state index in [0.29, 0.717) is 11.5 Å². The van der Waals surface area contributed by atoms with Crippen molar-refractivity contribution in [3.8, 4) is 75.7 Å². The number of anilines is 6. The summed E-state index contributed by atoms with van der Waals surface area (Å²) in [5.74, 6) is 0.544. The van der Waals surface area contributed by atoms with Crippen molar-refractivity contribution in [3.63, 3.8) is 0 Å². The Morgan fingerprint density at radius 2 is 0.587 bits per heavy atom. The summed E-state index contributed by atoms with van der Waals surface area (Å²) >= 11 is 8.38. The molecular formula is C76H44N10OS5. The molecule has 8 heterocycles. The van der Waals surface area contributed by atoms with E-state index in [9.17, 15) is 0 Å². The third kappa shape index (κ3) is 10.0.